The van der Waals surface area contributed by atoms with Crippen molar-refractivity contribution in [2.24, 2.45) is 0 Å². The number of hydrogen-bond acceptors (Lipinski definition) is 5. The largest absolute Gasteiger partial charge is 0.367 e. The van der Waals surface area contributed by atoms with Gasteiger partial charge in [-0.3, -0.25) is 14.5 Å². The topological polar surface area (TPSA) is 79.7 Å². The first kappa shape index (κ1) is 24.5. The number of hydrogen-bond donors (Lipinski definition) is 1. The van der Waals surface area contributed by atoms with Crippen LogP contribution in [0.25, 0.3) is 0 Å². The second kappa shape index (κ2) is 11.3. The molecule has 5 rings (SSSR count). The average molecular weight is 494 g/mol. The van der Waals surface area contributed by atoms with Crippen LogP contribution in [0.1, 0.15) is 27.9 Å². The minimum Gasteiger partial charge on any atom is -0.367 e. The Hall–Kier alpha value is -4.15. The van der Waals surface area contributed by atoms with E-state index < -0.39 is 0 Å². The number of benzene rings is 3. The van der Waals surface area contributed by atoms with Crippen LogP contribution in [-0.4, -0.2) is 66.4 Å². The van der Waals surface area contributed by atoms with Gasteiger partial charge >= 0.3 is 0 Å². The maximum atomic E-state index is 13.8. The number of nitrogens with one attached hydrogen (secondary N) is 1. The van der Waals surface area contributed by atoms with E-state index in [1.165, 1.54) is 0 Å². The van der Waals surface area contributed by atoms with Crippen molar-refractivity contribution in [3.8, 4) is 6.07 Å². The Bertz CT molecular complexity index is 1270. The number of carbonyl (C=O) groups excluding carboxylic acids is 2. The van der Waals surface area contributed by atoms with Crippen LogP contribution < -0.4 is 10.2 Å². The molecule has 2 fully saturated rings. The van der Waals surface area contributed by atoms with Gasteiger partial charge in [0.05, 0.1) is 17.3 Å². The summed E-state index contributed by atoms with van der Waals surface area (Å²) in [7, 11) is 0. The molecule has 2 saturated heterocycles. The highest BCUT2D eigenvalue weighted by Crippen LogP contribution is 2.25. The summed E-state index contributed by atoms with van der Waals surface area (Å²) in [4.78, 5) is 32.9. The van der Waals surface area contributed by atoms with Crippen molar-refractivity contribution < 1.29 is 9.59 Å². The minimum atomic E-state index is -0.292. The Morgan fingerprint density at radius 1 is 0.865 bits per heavy atom. The number of carbonyl (C=O) groups is 2. The number of nitrogens with zero attached hydrogens (tertiary/aromatic N) is 4. The van der Waals surface area contributed by atoms with Crippen LogP contribution in [0.2, 0.25) is 0 Å². The highest BCUT2D eigenvalue weighted by Gasteiger charge is 2.40. The molecule has 7 heteroatoms. The number of nitriles is 1. The first-order valence-corrected chi connectivity index (χ1v) is 12.8. The van der Waals surface area contributed by atoms with Crippen LogP contribution in [0, 0.1) is 11.3 Å². The quantitative estimate of drug-likeness (QED) is 0.570. The highest BCUT2D eigenvalue weighted by molar-refractivity contribution is 5.94. The molecule has 0 unspecified atom stereocenters. The first-order valence-electron chi connectivity index (χ1n) is 12.8. The summed E-state index contributed by atoms with van der Waals surface area (Å²) in [6.07, 6.45) is 0.585. The third-order valence-electron chi connectivity index (χ3n) is 7.24. The van der Waals surface area contributed by atoms with E-state index in [4.69, 9.17) is 0 Å². The summed E-state index contributed by atoms with van der Waals surface area (Å²) < 4.78 is 0. The van der Waals surface area contributed by atoms with E-state index in [0.29, 0.717) is 56.8 Å². The second-order valence-electron chi connectivity index (χ2n) is 9.64. The molecule has 2 heterocycles. The van der Waals surface area contributed by atoms with Gasteiger partial charge in [0.1, 0.15) is 6.07 Å². The lowest BCUT2D eigenvalue weighted by molar-refractivity contribution is -0.136. The van der Waals surface area contributed by atoms with E-state index in [1.54, 1.807) is 12.1 Å². The van der Waals surface area contributed by atoms with E-state index in [2.05, 4.69) is 33.3 Å². The number of amides is 2. The number of likely N-dealkylation sites (tertiary alicyclic amines) is 1. The van der Waals surface area contributed by atoms with Crippen molar-refractivity contribution in [3.63, 3.8) is 0 Å². The summed E-state index contributed by atoms with van der Waals surface area (Å²) >= 11 is 0. The van der Waals surface area contributed by atoms with Crippen molar-refractivity contribution in [2.45, 2.75) is 25.0 Å². The number of anilines is 1. The molecule has 0 aliphatic carbocycles. The fourth-order valence-electron chi connectivity index (χ4n) is 5.34. The van der Waals surface area contributed by atoms with Gasteiger partial charge in [-0.05, 0) is 36.2 Å². The fourth-order valence-corrected chi connectivity index (χ4v) is 5.34. The van der Waals surface area contributed by atoms with Gasteiger partial charge in [-0.2, -0.15) is 5.26 Å². The molecule has 37 heavy (non-hydrogen) atoms. The van der Waals surface area contributed by atoms with Gasteiger partial charge in [-0.15, -0.1) is 0 Å². The molecule has 2 aliphatic rings. The molecule has 2 aliphatic heterocycles. The maximum Gasteiger partial charge on any atom is 0.251 e. The molecule has 0 aromatic heterocycles. The molecule has 0 spiro atoms. The monoisotopic (exact) mass is 493 g/mol. The normalized spacial score (nSPS) is 19.9. The van der Waals surface area contributed by atoms with Crippen LogP contribution in [0.15, 0.2) is 84.9 Å². The predicted octanol–water partition coefficient (Wildman–Crippen LogP) is 3.28. The Morgan fingerprint density at radius 2 is 1.51 bits per heavy atom. The summed E-state index contributed by atoms with van der Waals surface area (Å²) in [6.45, 7) is 3.86. The van der Waals surface area contributed by atoms with Gasteiger partial charge in [0.2, 0.25) is 5.91 Å². The Labute approximate surface area is 217 Å². The third kappa shape index (κ3) is 5.65. The van der Waals surface area contributed by atoms with Gasteiger partial charge in [0.25, 0.3) is 5.91 Å². The minimum absolute atomic E-state index is 0.103. The molecule has 0 bridgehead atoms. The van der Waals surface area contributed by atoms with E-state index in [0.717, 1.165) is 11.3 Å². The molecule has 2 atom stereocenters. The molecule has 0 saturated carbocycles. The van der Waals surface area contributed by atoms with E-state index in [-0.39, 0.29) is 23.9 Å². The highest BCUT2D eigenvalue weighted by atomic mass is 16.2. The van der Waals surface area contributed by atoms with E-state index in [1.807, 2.05) is 65.6 Å². The second-order valence-corrected chi connectivity index (χ2v) is 9.64. The van der Waals surface area contributed by atoms with Crippen molar-refractivity contribution in [1.29, 1.82) is 5.26 Å². The van der Waals surface area contributed by atoms with Crippen LogP contribution in [0.5, 0.6) is 0 Å². The van der Waals surface area contributed by atoms with Crippen molar-refractivity contribution in [2.75, 3.05) is 37.6 Å². The van der Waals surface area contributed by atoms with E-state index >= 15 is 0 Å². The lowest BCUT2D eigenvalue weighted by atomic mass is 10.1. The molecule has 188 valence electrons. The zero-order valence-electron chi connectivity index (χ0n) is 20.8. The standard InChI is InChI=1S/C30H31N5O2/c31-20-25-13-7-8-14-27(25)33-15-17-34(18-16-33)30(37)28-19-26(32-29(36)24-11-5-2-6-12-24)22-35(28)21-23-9-3-1-4-10-23/h1-14,26,28H,15-19,21-22H2,(H,32,36)/t26-,28-/m0/s1. The molecule has 1 N–H and O–H groups in total. The van der Waals surface area contributed by atoms with Crippen LogP contribution in [0.4, 0.5) is 5.69 Å². The molecule has 0 radical (unpaired) electrons. The zero-order valence-corrected chi connectivity index (χ0v) is 20.8. The predicted molar refractivity (Wildman–Crippen MR) is 143 cm³/mol. The average Bonchev–Trinajstić information content (AvgIpc) is 3.35. The lowest BCUT2D eigenvalue weighted by Crippen LogP contribution is -2.53. The van der Waals surface area contributed by atoms with E-state index in [9.17, 15) is 14.9 Å². The molecule has 2 amide bonds. The molecular formula is C30H31N5O2. The number of piperazine rings is 1. The van der Waals surface area contributed by atoms with Gasteiger partial charge in [-0.25, -0.2) is 0 Å². The molecule has 3 aromatic rings. The smallest absolute Gasteiger partial charge is 0.251 e. The van der Waals surface area contributed by atoms with Crippen LogP contribution in [0.3, 0.4) is 0 Å². The molecule has 7 nitrogen and oxygen atoms in total. The van der Waals surface area contributed by atoms with Gasteiger partial charge < -0.3 is 15.1 Å². The SMILES string of the molecule is N#Cc1ccccc1N1CCN(C(=O)[C@@H]2C[C@H](NC(=O)c3ccccc3)CN2Cc2ccccc2)CC1. The zero-order chi connectivity index (χ0) is 25.6. The van der Waals surface area contributed by atoms with Gasteiger partial charge in [0.15, 0.2) is 0 Å². The number of para-hydroxylation sites is 1. The Balaban J connectivity index is 1.27. The van der Waals surface area contributed by atoms with Crippen molar-refractivity contribution >= 4 is 17.5 Å². The first-order chi connectivity index (χ1) is 18.1. The summed E-state index contributed by atoms with van der Waals surface area (Å²) in [5.74, 6) is 0.00346. The van der Waals surface area contributed by atoms with Gasteiger partial charge in [-0.1, -0.05) is 60.7 Å². The maximum absolute atomic E-state index is 13.8. The molecule has 3 aromatic carbocycles. The van der Waals surface area contributed by atoms with Crippen LogP contribution in [-0.2, 0) is 11.3 Å². The fraction of sp³-hybridized carbons (Fsp3) is 0.300. The summed E-state index contributed by atoms with van der Waals surface area (Å²) in [5, 5.41) is 12.6. The molecular weight excluding hydrogens is 462 g/mol. The Kier molecular flexibility index (Phi) is 7.48. The van der Waals surface area contributed by atoms with Gasteiger partial charge in [0, 0.05) is 50.9 Å². The summed E-state index contributed by atoms with van der Waals surface area (Å²) in [6, 6.07) is 28.8. The third-order valence-corrected chi connectivity index (χ3v) is 7.24. The lowest BCUT2D eigenvalue weighted by Gasteiger charge is -2.38. The number of rotatable bonds is 6. The summed E-state index contributed by atoms with van der Waals surface area (Å²) in [5.41, 5.74) is 3.35. The Morgan fingerprint density at radius 3 is 2.22 bits per heavy atom. The van der Waals surface area contributed by atoms with Crippen molar-refractivity contribution in [1.82, 2.24) is 15.1 Å². The van der Waals surface area contributed by atoms with Crippen molar-refractivity contribution in [3.05, 3.63) is 102 Å². The van der Waals surface area contributed by atoms with Crippen LogP contribution >= 0.6 is 0 Å².